The molecule has 5 heteroatoms. The van der Waals surface area contributed by atoms with E-state index in [0.717, 1.165) is 0 Å². The lowest BCUT2D eigenvalue weighted by molar-refractivity contribution is -0.315. The van der Waals surface area contributed by atoms with Gasteiger partial charge in [-0.05, 0) is 17.7 Å². The summed E-state index contributed by atoms with van der Waals surface area (Å²) in [6, 6.07) is 3.74. The third kappa shape index (κ3) is 1.94. The fourth-order valence-electron chi connectivity index (χ4n) is 1.00. The Morgan fingerprint density at radius 1 is 1.57 bits per heavy atom. The van der Waals surface area contributed by atoms with Gasteiger partial charge in [0.1, 0.15) is 6.10 Å². The van der Waals surface area contributed by atoms with Crippen molar-refractivity contribution in [2.24, 2.45) is 0 Å². The number of aliphatic carboxylic acids is 1. The van der Waals surface area contributed by atoms with E-state index < -0.39 is 12.1 Å². The third-order valence-electron chi connectivity index (χ3n) is 1.74. The van der Waals surface area contributed by atoms with Gasteiger partial charge in [0.2, 0.25) is 0 Å². The molecule has 5 nitrogen and oxygen atoms in total. The van der Waals surface area contributed by atoms with Crippen molar-refractivity contribution < 1.29 is 24.9 Å². The first kappa shape index (κ1) is 10.3. The second kappa shape index (κ2) is 3.97. The number of carboxylic acids is 1. The van der Waals surface area contributed by atoms with Gasteiger partial charge in [-0.3, -0.25) is 0 Å². The van der Waals surface area contributed by atoms with Crippen LogP contribution in [0.3, 0.4) is 0 Å². The van der Waals surface area contributed by atoms with Crippen LogP contribution in [0.4, 0.5) is 0 Å². The summed E-state index contributed by atoms with van der Waals surface area (Å²) in [6.45, 7) is 0. The number of rotatable bonds is 3. The van der Waals surface area contributed by atoms with Crippen LogP contribution in [-0.2, 0) is 4.79 Å². The van der Waals surface area contributed by atoms with E-state index in [0.29, 0.717) is 0 Å². The van der Waals surface area contributed by atoms with Gasteiger partial charge in [0.05, 0.1) is 13.1 Å². The maximum atomic E-state index is 10.3. The number of benzene rings is 1. The van der Waals surface area contributed by atoms with Crippen LogP contribution in [-0.4, -0.2) is 23.3 Å². The summed E-state index contributed by atoms with van der Waals surface area (Å²) in [5.74, 6) is -1.62. The molecule has 1 aromatic rings. The molecule has 0 aromatic heterocycles. The molecule has 0 fully saturated rings. The molecule has 14 heavy (non-hydrogen) atoms. The molecule has 1 aromatic carbocycles. The largest absolute Gasteiger partial charge is 0.547 e. The molecule has 1 atom stereocenters. The van der Waals surface area contributed by atoms with Crippen LogP contribution < -0.4 is 9.84 Å². The molecular formula is C9H9O5-. The molecule has 1 rings (SSSR count). The van der Waals surface area contributed by atoms with E-state index in [9.17, 15) is 15.0 Å². The van der Waals surface area contributed by atoms with Gasteiger partial charge in [-0.1, -0.05) is 6.07 Å². The molecule has 2 N–H and O–H groups in total. The average Bonchev–Trinajstić information content (AvgIpc) is 2.17. The molecule has 1 unspecified atom stereocenters. The smallest absolute Gasteiger partial charge is 0.160 e. The van der Waals surface area contributed by atoms with E-state index in [1.807, 2.05) is 0 Å². The standard InChI is InChI=1S/C9H10O5/c1-14-7-4-5(2-3-6(7)10)8(11)9(12)13/h2-4,8,10-11H,1H3,(H,12,13)/p-1. The molecule has 0 aliphatic rings. The van der Waals surface area contributed by atoms with E-state index >= 15 is 0 Å². The Balaban J connectivity index is 3.06. The number of hydrogen-bond acceptors (Lipinski definition) is 5. The van der Waals surface area contributed by atoms with Gasteiger partial charge in [0.25, 0.3) is 0 Å². The van der Waals surface area contributed by atoms with E-state index in [1.165, 1.54) is 25.3 Å². The normalized spacial score (nSPS) is 12.1. The van der Waals surface area contributed by atoms with E-state index in [4.69, 9.17) is 9.84 Å². The Labute approximate surface area is 80.2 Å². The summed E-state index contributed by atoms with van der Waals surface area (Å²) < 4.78 is 4.74. The summed E-state index contributed by atoms with van der Waals surface area (Å²) in [5.41, 5.74) is 0.0969. The van der Waals surface area contributed by atoms with E-state index in [2.05, 4.69) is 0 Å². The highest BCUT2D eigenvalue weighted by atomic mass is 16.5. The van der Waals surface area contributed by atoms with Crippen molar-refractivity contribution in [1.82, 2.24) is 0 Å². The van der Waals surface area contributed by atoms with Crippen molar-refractivity contribution >= 4 is 5.97 Å². The fourth-order valence-corrected chi connectivity index (χ4v) is 1.00. The molecule has 0 saturated heterocycles. The first-order chi connectivity index (χ1) is 6.56. The Morgan fingerprint density at radius 2 is 2.21 bits per heavy atom. The summed E-state index contributed by atoms with van der Waals surface area (Å²) in [7, 11) is 1.32. The van der Waals surface area contributed by atoms with Gasteiger partial charge in [-0.25, -0.2) is 0 Å². The predicted molar refractivity (Wildman–Crippen MR) is 44.6 cm³/mol. The number of methoxy groups -OCH3 is 1. The van der Waals surface area contributed by atoms with E-state index in [-0.39, 0.29) is 17.1 Å². The van der Waals surface area contributed by atoms with Gasteiger partial charge in [0, 0.05) is 0 Å². The van der Waals surface area contributed by atoms with Crippen molar-refractivity contribution in [3.8, 4) is 11.5 Å². The van der Waals surface area contributed by atoms with Crippen molar-refractivity contribution in [3.63, 3.8) is 0 Å². The summed E-state index contributed by atoms with van der Waals surface area (Å²) >= 11 is 0. The minimum Gasteiger partial charge on any atom is -0.547 e. The maximum Gasteiger partial charge on any atom is 0.160 e. The summed E-state index contributed by atoms with van der Waals surface area (Å²) in [6.07, 6.45) is -1.72. The maximum absolute atomic E-state index is 10.3. The first-order valence-electron chi connectivity index (χ1n) is 3.82. The van der Waals surface area contributed by atoms with Crippen LogP contribution in [0, 0.1) is 0 Å². The summed E-state index contributed by atoms with van der Waals surface area (Å²) in [4.78, 5) is 10.3. The van der Waals surface area contributed by atoms with Gasteiger partial charge in [-0.2, -0.15) is 0 Å². The lowest BCUT2D eigenvalue weighted by atomic mass is 10.1. The van der Waals surface area contributed by atoms with Crippen molar-refractivity contribution in [3.05, 3.63) is 23.8 Å². The van der Waals surface area contributed by atoms with Crippen LogP contribution in [0.5, 0.6) is 11.5 Å². The van der Waals surface area contributed by atoms with Crippen molar-refractivity contribution in [2.45, 2.75) is 6.10 Å². The minimum absolute atomic E-state index is 0.0969. The van der Waals surface area contributed by atoms with Crippen molar-refractivity contribution in [1.29, 1.82) is 0 Å². The van der Waals surface area contributed by atoms with Gasteiger partial charge in [0.15, 0.2) is 11.5 Å². The zero-order valence-corrected chi connectivity index (χ0v) is 7.43. The number of carbonyl (C=O) groups is 1. The molecule has 0 radical (unpaired) electrons. The molecule has 0 spiro atoms. The molecule has 0 saturated carbocycles. The highest BCUT2D eigenvalue weighted by Crippen LogP contribution is 2.28. The average molecular weight is 197 g/mol. The molecule has 76 valence electrons. The van der Waals surface area contributed by atoms with Crippen LogP contribution in [0.15, 0.2) is 18.2 Å². The first-order valence-corrected chi connectivity index (χ1v) is 3.82. The molecular weight excluding hydrogens is 188 g/mol. The number of phenols is 1. The van der Waals surface area contributed by atoms with Gasteiger partial charge >= 0.3 is 0 Å². The van der Waals surface area contributed by atoms with Crippen LogP contribution in [0.2, 0.25) is 0 Å². The highest BCUT2D eigenvalue weighted by molar-refractivity contribution is 5.72. The SMILES string of the molecule is COc1cc(C(O)C(=O)[O-])ccc1O. The molecule has 0 heterocycles. The number of aliphatic hydroxyl groups excluding tert-OH is 1. The zero-order valence-electron chi connectivity index (χ0n) is 7.43. The van der Waals surface area contributed by atoms with E-state index in [1.54, 1.807) is 0 Å². The number of phenolic OH excluding ortho intramolecular Hbond substituents is 1. The lowest BCUT2D eigenvalue weighted by Gasteiger charge is -2.13. The second-order valence-corrected chi connectivity index (χ2v) is 2.65. The minimum atomic E-state index is -1.72. The number of hydrogen-bond donors (Lipinski definition) is 2. The molecule has 0 aliphatic carbocycles. The van der Waals surface area contributed by atoms with Crippen LogP contribution >= 0.6 is 0 Å². The van der Waals surface area contributed by atoms with Gasteiger partial charge in [-0.15, -0.1) is 0 Å². The van der Waals surface area contributed by atoms with Gasteiger partial charge < -0.3 is 24.9 Å². The van der Waals surface area contributed by atoms with Crippen LogP contribution in [0.1, 0.15) is 11.7 Å². The van der Waals surface area contributed by atoms with Crippen LogP contribution in [0.25, 0.3) is 0 Å². The zero-order chi connectivity index (χ0) is 10.7. The number of aromatic hydroxyl groups is 1. The molecule has 0 amide bonds. The monoisotopic (exact) mass is 197 g/mol. The Bertz CT molecular complexity index is 347. The molecule has 0 aliphatic heterocycles. The fraction of sp³-hybridized carbons (Fsp3) is 0.222. The third-order valence-corrected chi connectivity index (χ3v) is 1.74. The second-order valence-electron chi connectivity index (χ2n) is 2.65. The Hall–Kier alpha value is -1.75. The quantitative estimate of drug-likeness (QED) is 0.661. The lowest BCUT2D eigenvalue weighted by Crippen LogP contribution is -2.29. The van der Waals surface area contributed by atoms with Crippen molar-refractivity contribution in [2.75, 3.05) is 7.11 Å². The highest BCUT2D eigenvalue weighted by Gasteiger charge is 2.11. The number of carbonyl (C=O) groups excluding carboxylic acids is 1. The topological polar surface area (TPSA) is 89.8 Å². The number of ether oxygens (including phenoxy) is 1. The summed E-state index contributed by atoms with van der Waals surface area (Å²) in [5, 5.41) is 28.6. The number of carboxylic acid groups (broad SMARTS) is 1. The Kier molecular flexibility index (Phi) is 2.93. The predicted octanol–water partition coefficient (Wildman–Crippen LogP) is -0.816. The Morgan fingerprint density at radius 3 is 2.71 bits per heavy atom. The number of aliphatic hydroxyl groups is 1. The molecule has 0 bridgehead atoms.